The molecule has 0 radical (unpaired) electrons. The van der Waals surface area contributed by atoms with Crippen molar-refractivity contribution in [1.29, 1.82) is 0 Å². The quantitative estimate of drug-likeness (QED) is 0.882. The maximum Gasteiger partial charge on any atom is 0.329 e. The fraction of sp³-hybridized carbons (Fsp3) is 0.500. The monoisotopic (exact) mass is 287 g/mol. The number of rotatable bonds is 6. The molecule has 3 rings (SSSR count). The van der Waals surface area contributed by atoms with Crippen molar-refractivity contribution in [2.45, 2.75) is 51.7 Å². The molecule has 1 fully saturated rings. The van der Waals surface area contributed by atoms with Crippen LogP contribution in [-0.2, 0) is 17.9 Å². The molecule has 5 heteroatoms. The number of hydrogen-bond donors (Lipinski definition) is 1. The van der Waals surface area contributed by atoms with Crippen LogP contribution in [0.25, 0.3) is 11.0 Å². The van der Waals surface area contributed by atoms with E-state index in [0.717, 1.165) is 30.3 Å². The summed E-state index contributed by atoms with van der Waals surface area (Å²) in [5.41, 5.74) is 1.85. The normalized spacial score (nSPS) is 14.5. The number of para-hydroxylation sites is 2. The predicted octanol–water partition coefficient (Wildman–Crippen LogP) is 1.88. The maximum absolute atomic E-state index is 12.5. The Labute approximate surface area is 123 Å². The van der Waals surface area contributed by atoms with Gasteiger partial charge in [0.1, 0.15) is 0 Å². The van der Waals surface area contributed by atoms with Crippen LogP contribution in [0.15, 0.2) is 29.1 Å². The second-order valence-corrected chi connectivity index (χ2v) is 5.67. The van der Waals surface area contributed by atoms with Gasteiger partial charge in [0, 0.05) is 25.6 Å². The molecule has 1 heterocycles. The summed E-state index contributed by atoms with van der Waals surface area (Å²) >= 11 is 0. The second kappa shape index (κ2) is 5.76. The highest BCUT2D eigenvalue weighted by Gasteiger charge is 2.23. The van der Waals surface area contributed by atoms with Gasteiger partial charge in [0.25, 0.3) is 0 Å². The van der Waals surface area contributed by atoms with E-state index < -0.39 is 0 Å². The van der Waals surface area contributed by atoms with E-state index in [1.54, 1.807) is 9.13 Å². The summed E-state index contributed by atoms with van der Waals surface area (Å²) in [4.78, 5) is 24.3. The van der Waals surface area contributed by atoms with Gasteiger partial charge in [0.05, 0.1) is 11.0 Å². The Hall–Kier alpha value is -2.04. The van der Waals surface area contributed by atoms with E-state index in [0.29, 0.717) is 25.6 Å². The smallest absolute Gasteiger partial charge is 0.329 e. The third-order valence-electron chi connectivity index (χ3n) is 3.88. The lowest BCUT2D eigenvalue weighted by Crippen LogP contribution is -2.29. The number of imidazole rings is 1. The third kappa shape index (κ3) is 2.86. The molecule has 1 aromatic carbocycles. The number of aryl methyl sites for hydroxylation is 2. The molecule has 2 aromatic rings. The molecule has 1 saturated carbocycles. The lowest BCUT2D eigenvalue weighted by molar-refractivity contribution is -0.121. The highest BCUT2D eigenvalue weighted by Crippen LogP contribution is 2.19. The van der Waals surface area contributed by atoms with Crippen molar-refractivity contribution in [2.75, 3.05) is 0 Å². The van der Waals surface area contributed by atoms with Crippen LogP contribution in [0, 0.1) is 0 Å². The van der Waals surface area contributed by atoms with Gasteiger partial charge < -0.3 is 5.32 Å². The fourth-order valence-corrected chi connectivity index (χ4v) is 2.67. The Morgan fingerprint density at radius 2 is 1.81 bits per heavy atom. The van der Waals surface area contributed by atoms with Gasteiger partial charge in [-0.2, -0.15) is 0 Å². The Morgan fingerprint density at radius 1 is 1.19 bits per heavy atom. The number of nitrogens with zero attached hydrogens (tertiary/aromatic N) is 2. The molecule has 1 aliphatic carbocycles. The number of carbonyl (C=O) groups is 1. The van der Waals surface area contributed by atoms with Crippen LogP contribution >= 0.6 is 0 Å². The van der Waals surface area contributed by atoms with E-state index in [-0.39, 0.29) is 11.6 Å². The molecule has 0 aliphatic heterocycles. The summed E-state index contributed by atoms with van der Waals surface area (Å²) in [5, 5.41) is 2.96. The number of carbonyl (C=O) groups excluding carboxylic acids is 1. The molecule has 1 N–H and O–H groups in total. The van der Waals surface area contributed by atoms with Gasteiger partial charge in [-0.1, -0.05) is 19.1 Å². The molecule has 1 amide bonds. The van der Waals surface area contributed by atoms with Gasteiger partial charge in [-0.05, 0) is 31.4 Å². The van der Waals surface area contributed by atoms with E-state index >= 15 is 0 Å². The zero-order valence-electron chi connectivity index (χ0n) is 12.3. The van der Waals surface area contributed by atoms with Crippen molar-refractivity contribution in [2.24, 2.45) is 0 Å². The van der Waals surface area contributed by atoms with E-state index in [9.17, 15) is 9.59 Å². The summed E-state index contributed by atoms with van der Waals surface area (Å²) < 4.78 is 3.52. The van der Waals surface area contributed by atoms with Gasteiger partial charge in [-0.15, -0.1) is 0 Å². The minimum atomic E-state index is -0.0164. The molecular formula is C16H21N3O2. The Balaban J connectivity index is 1.84. The minimum absolute atomic E-state index is 0.0164. The maximum atomic E-state index is 12.5. The Morgan fingerprint density at radius 3 is 2.38 bits per heavy atom. The molecule has 0 unspecified atom stereocenters. The molecule has 5 nitrogen and oxygen atoms in total. The fourth-order valence-electron chi connectivity index (χ4n) is 2.67. The average Bonchev–Trinajstić information content (AvgIpc) is 3.25. The van der Waals surface area contributed by atoms with Crippen LogP contribution in [0.2, 0.25) is 0 Å². The van der Waals surface area contributed by atoms with Crippen molar-refractivity contribution in [3.63, 3.8) is 0 Å². The van der Waals surface area contributed by atoms with E-state index in [4.69, 9.17) is 0 Å². The SMILES string of the molecule is CCCn1c(=O)n(CCC(=O)NC2CC2)c2ccccc21. The first-order valence-corrected chi connectivity index (χ1v) is 7.68. The molecule has 0 spiro atoms. The lowest BCUT2D eigenvalue weighted by Gasteiger charge is -2.04. The number of nitrogens with one attached hydrogen (secondary N) is 1. The first kappa shape index (κ1) is 13.9. The Bertz CT molecular complexity index is 710. The molecule has 1 aliphatic rings. The summed E-state index contributed by atoms with van der Waals surface area (Å²) in [5.74, 6) is 0.0386. The summed E-state index contributed by atoms with van der Waals surface area (Å²) in [6, 6.07) is 8.15. The van der Waals surface area contributed by atoms with Crippen molar-refractivity contribution in [1.82, 2.24) is 14.5 Å². The van der Waals surface area contributed by atoms with Crippen LogP contribution in [0.3, 0.4) is 0 Å². The third-order valence-corrected chi connectivity index (χ3v) is 3.88. The summed E-state index contributed by atoms with van der Waals surface area (Å²) in [7, 11) is 0. The number of hydrogen-bond acceptors (Lipinski definition) is 2. The van der Waals surface area contributed by atoms with Crippen LogP contribution in [0.1, 0.15) is 32.6 Å². The summed E-state index contributed by atoms with van der Waals surface area (Å²) in [6.45, 7) is 3.21. The highest BCUT2D eigenvalue weighted by atomic mass is 16.2. The molecular weight excluding hydrogens is 266 g/mol. The Kier molecular flexibility index (Phi) is 3.82. The van der Waals surface area contributed by atoms with E-state index in [1.807, 2.05) is 24.3 Å². The molecule has 0 atom stereocenters. The van der Waals surface area contributed by atoms with Gasteiger partial charge in [0.2, 0.25) is 5.91 Å². The summed E-state index contributed by atoms with van der Waals surface area (Å²) in [6.07, 6.45) is 3.44. The van der Waals surface area contributed by atoms with Gasteiger partial charge in [0.15, 0.2) is 0 Å². The molecule has 112 valence electrons. The van der Waals surface area contributed by atoms with Crippen molar-refractivity contribution in [3.05, 3.63) is 34.7 Å². The first-order valence-electron chi connectivity index (χ1n) is 7.68. The van der Waals surface area contributed by atoms with Crippen molar-refractivity contribution < 1.29 is 4.79 Å². The number of amides is 1. The van der Waals surface area contributed by atoms with E-state index in [1.165, 1.54) is 0 Å². The van der Waals surface area contributed by atoms with Crippen LogP contribution < -0.4 is 11.0 Å². The zero-order chi connectivity index (χ0) is 14.8. The zero-order valence-corrected chi connectivity index (χ0v) is 12.3. The first-order chi connectivity index (χ1) is 10.2. The standard InChI is InChI=1S/C16H21N3O2/c1-2-10-18-13-5-3-4-6-14(13)19(16(18)21)11-9-15(20)17-12-7-8-12/h3-6,12H,2,7-11H2,1H3,(H,17,20). The predicted molar refractivity (Wildman–Crippen MR) is 82.3 cm³/mol. The van der Waals surface area contributed by atoms with Crippen molar-refractivity contribution in [3.8, 4) is 0 Å². The largest absolute Gasteiger partial charge is 0.353 e. The van der Waals surface area contributed by atoms with Crippen molar-refractivity contribution >= 4 is 16.9 Å². The van der Waals surface area contributed by atoms with Gasteiger partial charge in [-0.25, -0.2) is 4.79 Å². The van der Waals surface area contributed by atoms with Gasteiger partial charge >= 0.3 is 5.69 Å². The number of fused-ring (bicyclic) bond motifs is 1. The highest BCUT2D eigenvalue weighted by molar-refractivity contribution is 5.78. The molecule has 0 bridgehead atoms. The molecule has 21 heavy (non-hydrogen) atoms. The number of aromatic nitrogens is 2. The van der Waals surface area contributed by atoms with E-state index in [2.05, 4.69) is 12.2 Å². The molecule has 0 saturated heterocycles. The lowest BCUT2D eigenvalue weighted by atomic mass is 10.3. The average molecular weight is 287 g/mol. The minimum Gasteiger partial charge on any atom is -0.353 e. The number of benzene rings is 1. The van der Waals surface area contributed by atoms with Crippen LogP contribution in [0.4, 0.5) is 0 Å². The second-order valence-electron chi connectivity index (χ2n) is 5.67. The molecule has 1 aromatic heterocycles. The van der Waals surface area contributed by atoms with Gasteiger partial charge in [-0.3, -0.25) is 13.9 Å². The topological polar surface area (TPSA) is 56.0 Å². The van der Waals surface area contributed by atoms with Crippen LogP contribution in [-0.4, -0.2) is 21.1 Å². The van der Waals surface area contributed by atoms with Crippen LogP contribution in [0.5, 0.6) is 0 Å².